The summed E-state index contributed by atoms with van der Waals surface area (Å²) in [5, 5.41) is 0.736. The number of halogens is 1. The molecule has 1 aromatic carbocycles. The number of nitrogens with one attached hydrogen (secondary N) is 1. The molecule has 0 atom stereocenters. The van der Waals surface area contributed by atoms with Crippen LogP contribution in [0.1, 0.15) is 11.3 Å². The maximum atomic E-state index is 6.11. The van der Waals surface area contributed by atoms with Crippen LogP contribution in [0.5, 0.6) is 0 Å². The Labute approximate surface area is 88.0 Å². The predicted molar refractivity (Wildman–Crippen MR) is 58.5 cm³/mol. The summed E-state index contributed by atoms with van der Waals surface area (Å²) in [6.07, 6.45) is 1.80. The van der Waals surface area contributed by atoms with Crippen molar-refractivity contribution in [3.05, 3.63) is 40.7 Å². The van der Waals surface area contributed by atoms with Crippen molar-refractivity contribution in [1.82, 2.24) is 9.97 Å². The van der Waals surface area contributed by atoms with Gasteiger partial charge in [-0.15, -0.1) is 0 Å². The van der Waals surface area contributed by atoms with Crippen LogP contribution in [0.3, 0.4) is 0 Å². The van der Waals surface area contributed by atoms with Crippen LogP contribution in [0.15, 0.2) is 24.4 Å². The van der Waals surface area contributed by atoms with Crippen LogP contribution in [0.4, 0.5) is 0 Å². The molecule has 3 heteroatoms. The van der Waals surface area contributed by atoms with Crippen LogP contribution >= 0.6 is 11.6 Å². The van der Waals surface area contributed by atoms with Crippen molar-refractivity contribution in [3.63, 3.8) is 0 Å². The van der Waals surface area contributed by atoms with Crippen LogP contribution < -0.4 is 0 Å². The number of benzene rings is 1. The van der Waals surface area contributed by atoms with Gasteiger partial charge in [0, 0.05) is 17.5 Å². The largest absolute Gasteiger partial charge is 0.342 e. The Kier molecular flexibility index (Phi) is 2.30. The summed E-state index contributed by atoms with van der Waals surface area (Å²) < 4.78 is 0. The summed E-state index contributed by atoms with van der Waals surface area (Å²) >= 11 is 6.11. The number of imidazole rings is 1. The number of hydrogen-bond acceptors (Lipinski definition) is 1. The molecular weight excluding hydrogens is 196 g/mol. The zero-order chi connectivity index (χ0) is 10.1. The lowest BCUT2D eigenvalue weighted by molar-refractivity contribution is 1.25. The van der Waals surface area contributed by atoms with Crippen LogP contribution in [0.25, 0.3) is 11.4 Å². The molecule has 0 aliphatic rings. The van der Waals surface area contributed by atoms with E-state index >= 15 is 0 Å². The smallest absolute Gasteiger partial charge is 0.138 e. The monoisotopic (exact) mass is 206 g/mol. The van der Waals surface area contributed by atoms with Crippen LogP contribution in [-0.2, 0) is 0 Å². The number of hydrogen-bond donors (Lipinski definition) is 1. The van der Waals surface area contributed by atoms with Crippen molar-refractivity contribution < 1.29 is 0 Å². The van der Waals surface area contributed by atoms with Crippen LogP contribution in [-0.4, -0.2) is 9.97 Å². The number of aryl methyl sites for hydroxylation is 2. The van der Waals surface area contributed by atoms with Crippen molar-refractivity contribution in [3.8, 4) is 11.4 Å². The molecule has 0 aliphatic heterocycles. The first-order valence-corrected chi connectivity index (χ1v) is 4.83. The summed E-state index contributed by atoms with van der Waals surface area (Å²) in [5.74, 6) is 0.826. The Hall–Kier alpha value is -1.28. The van der Waals surface area contributed by atoms with E-state index in [0.717, 1.165) is 27.7 Å². The Bertz CT molecular complexity index is 460. The first-order valence-electron chi connectivity index (χ1n) is 4.45. The van der Waals surface area contributed by atoms with Gasteiger partial charge in [0.05, 0.1) is 5.02 Å². The second-order valence-electron chi connectivity index (χ2n) is 3.40. The first-order chi connectivity index (χ1) is 6.66. The van der Waals surface area contributed by atoms with Gasteiger partial charge >= 0.3 is 0 Å². The number of nitrogens with zero attached hydrogens (tertiary/aromatic N) is 1. The van der Waals surface area contributed by atoms with Crippen molar-refractivity contribution in [2.45, 2.75) is 13.8 Å². The second-order valence-corrected chi connectivity index (χ2v) is 3.81. The highest BCUT2D eigenvalue weighted by molar-refractivity contribution is 6.33. The summed E-state index contributed by atoms with van der Waals surface area (Å²) in [6.45, 7) is 3.99. The maximum Gasteiger partial charge on any atom is 0.138 e. The molecule has 0 saturated heterocycles. The molecular formula is C11H11ClN2. The average Bonchev–Trinajstić information content (AvgIpc) is 2.51. The van der Waals surface area contributed by atoms with Gasteiger partial charge in [-0.05, 0) is 31.5 Å². The molecule has 0 bridgehead atoms. The third kappa shape index (κ3) is 1.66. The van der Waals surface area contributed by atoms with Gasteiger partial charge in [0.2, 0.25) is 0 Å². The molecule has 2 rings (SSSR count). The Balaban J connectivity index is 2.52. The lowest BCUT2D eigenvalue weighted by atomic mass is 10.1. The molecule has 14 heavy (non-hydrogen) atoms. The minimum atomic E-state index is 0.736. The molecule has 72 valence electrons. The molecule has 0 fully saturated rings. The number of rotatable bonds is 1. The molecule has 1 N–H and O–H groups in total. The molecule has 1 heterocycles. The summed E-state index contributed by atoms with van der Waals surface area (Å²) in [5.41, 5.74) is 3.14. The molecule has 2 aromatic rings. The summed E-state index contributed by atoms with van der Waals surface area (Å²) in [6, 6.07) is 5.95. The van der Waals surface area contributed by atoms with E-state index in [9.17, 15) is 0 Å². The van der Waals surface area contributed by atoms with Crippen molar-refractivity contribution in [1.29, 1.82) is 0 Å². The highest BCUT2D eigenvalue weighted by atomic mass is 35.5. The van der Waals surface area contributed by atoms with Crippen molar-refractivity contribution >= 4 is 11.6 Å². The quantitative estimate of drug-likeness (QED) is 0.762. The topological polar surface area (TPSA) is 28.7 Å². The molecule has 0 unspecified atom stereocenters. The molecule has 0 radical (unpaired) electrons. The molecule has 0 amide bonds. The van der Waals surface area contributed by atoms with E-state index in [2.05, 4.69) is 9.97 Å². The van der Waals surface area contributed by atoms with Crippen molar-refractivity contribution in [2.75, 3.05) is 0 Å². The Morgan fingerprint density at radius 3 is 2.64 bits per heavy atom. The lowest BCUT2D eigenvalue weighted by Crippen LogP contribution is -1.83. The van der Waals surface area contributed by atoms with E-state index in [1.165, 1.54) is 0 Å². The highest BCUT2D eigenvalue weighted by Crippen LogP contribution is 2.26. The zero-order valence-corrected chi connectivity index (χ0v) is 8.89. The SMILES string of the molecule is Cc1ccc(-c2ncc(C)[nH]2)c(Cl)c1. The van der Waals surface area contributed by atoms with Crippen molar-refractivity contribution in [2.24, 2.45) is 0 Å². The van der Waals surface area contributed by atoms with Crippen LogP contribution in [0, 0.1) is 13.8 Å². The number of H-pyrrole nitrogens is 1. The summed E-state index contributed by atoms with van der Waals surface area (Å²) in [4.78, 5) is 7.39. The fourth-order valence-electron chi connectivity index (χ4n) is 1.36. The molecule has 0 saturated carbocycles. The van der Waals surface area contributed by atoms with Gasteiger partial charge in [0.25, 0.3) is 0 Å². The van der Waals surface area contributed by atoms with E-state index in [0.29, 0.717) is 0 Å². The van der Waals surface area contributed by atoms with E-state index in [4.69, 9.17) is 11.6 Å². The minimum Gasteiger partial charge on any atom is -0.342 e. The molecule has 0 aliphatic carbocycles. The maximum absolute atomic E-state index is 6.11. The Morgan fingerprint density at radius 1 is 1.29 bits per heavy atom. The third-order valence-electron chi connectivity index (χ3n) is 2.08. The van der Waals surface area contributed by atoms with E-state index in [1.54, 1.807) is 6.20 Å². The fourth-order valence-corrected chi connectivity index (χ4v) is 1.69. The summed E-state index contributed by atoms with van der Waals surface area (Å²) in [7, 11) is 0. The third-order valence-corrected chi connectivity index (χ3v) is 2.40. The average molecular weight is 207 g/mol. The Morgan fingerprint density at radius 2 is 2.07 bits per heavy atom. The van der Waals surface area contributed by atoms with E-state index in [1.807, 2.05) is 32.0 Å². The van der Waals surface area contributed by atoms with Gasteiger partial charge in [0.15, 0.2) is 0 Å². The van der Waals surface area contributed by atoms with Gasteiger partial charge in [0.1, 0.15) is 5.82 Å². The fraction of sp³-hybridized carbons (Fsp3) is 0.182. The first kappa shape index (κ1) is 9.28. The lowest BCUT2D eigenvalue weighted by Gasteiger charge is -2.01. The molecule has 2 nitrogen and oxygen atoms in total. The highest BCUT2D eigenvalue weighted by Gasteiger charge is 2.05. The van der Waals surface area contributed by atoms with Gasteiger partial charge in [-0.1, -0.05) is 17.7 Å². The predicted octanol–water partition coefficient (Wildman–Crippen LogP) is 3.35. The molecule has 0 spiro atoms. The van der Waals surface area contributed by atoms with Crippen LogP contribution in [0.2, 0.25) is 5.02 Å². The minimum absolute atomic E-state index is 0.736. The molecule has 1 aromatic heterocycles. The normalized spacial score (nSPS) is 10.5. The number of aromatic nitrogens is 2. The van der Waals surface area contributed by atoms with Gasteiger partial charge in [-0.2, -0.15) is 0 Å². The zero-order valence-electron chi connectivity index (χ0n) is 8.13. The van der Waals surface area contributed by atoms with E-state index in [-0.39, 0.29) is 0 Å². The van der Waals surface area contributed by atoms with Gasteiger partial charge in [-0.25, -0.2) is 4.98 Å². The second kappa shape index (κ2) is 3.46. The van der Waals surface area contributed by atoms with E-state index < -0.39 is 0 Å². The van der Waals surface area contributed by atoms with Gasteiger partial charge < -0.3 is 4.98 Å². The van der Waals surface area contributed by atoms with Gasteiger partial charge in [-0.3, -0.25) is 0 Å². The number of aromatic amines is 1. The standard InChI is InChI=1S/C11H11ClN2/c1-7-3-4-9(10(12)5-7)11-13-6-8(2)14-11/h3-6H,1-2H3,(H,13,14).